The fourth-order valence-electron chi connectivity index (χ4n) is 2.98. The minimum Gasteiger partial charge on any atom is -0.353 e. The Bertz CT molecular complexity index is 703. The molecule has 4 rings (SSSR count). The van der Waals surface area contributed by atoms with Crippen molar-refractivity contribution in [2.45, 2.75) is 25.2 Å². The molecule has 114 valence electrons. The Hall–Kier alpha value is -2.13. The third-order valence-corrected chi connectivity index (χ3v) is 4.48. The quantitative estimate of drug-likeness (QED) is 0.792. The maximum Gasteiger partial charge on any atom is 0.178 e. The fourth-order valence-corrected chi connectivity index (χ4v) is 2.98. The van der Waals surface area contributed by atoms with Gasteiger partial charge in [-0.1, -0.05) is 0 Å². The van der Waals surface area contributed by atoms with E-state index in [0.29, 0.717) is 5.92 Å². The van der Waals surface area contributed by atoms with Crippen LogP contribution in [0.1, 0.15) is 31.0 Å². The summed E-state index contributed by atoms with van der Waals surface area (Å²) in [6.45, 7) is 5.06. The molecule has 0 amide bonds. The van der Waals surface area contributed by atoms with Gasteiger partial charge in [0.25, 0.3) is 0 Å². The molecule has 0 bridgehead atoms. The lowest BCUT2D eigenvalue weighted by atomic mass is 10.3. The van der Waals surface area contributed by atoms with Gasteiger partial charge in [-0.2, -0.15) is 4.52 Å². The highest BCUT2D eigenvalue weighted by molar-refractivity contribution is 5.46. The molecule has 1 aliphatic carbocycles. The minimum atomic E-state index is 0.554. The van der Waals surface area contributed by atoms with E-state index in [2.05, 4.69) is 32.0 Å². The predicted molar refractivity (Wildman–Crippen MR) is 84.9 cm³/mol. The van der Waals surface area contributed by atoms with Gasteiger partial charge in [-0.15, -0.1) is 27.6 Å². The van der Waals surface area contributed by atoms with Gasteiger partial charge in [-0.3, -0.25) is 4.90 Å². The second kappa shape index (κ2) is 5.58. The summed E-state index contributed by atoms with van der Waals surface area (Å²) in [6.07, 6.45) is 8.59. The number of hydrogen-bond acceptors (Lipinski definition) is 5. The molecule has 2 aliphatic rings. The first-order chi connectivity index (χ1) is 10.8. The van der Waals surface area contributed by atoms with Gasteiger partial charge in [0.1, 0.15) is 5.82 Å². The van der Waals surface area contributed by atoms with E-state index in [4.69, 9.17) is 11.5 Å². The molecule has 2 aromatic rings. The van der Waals surface area contributed by atoms with Crippen molar-refractivity contribution in [1.82, 2.24) is 24.7 Å². The molecule has 0 unspecified atom stereocenters. The molecule has 3 heterocycles. The van der Waals surface area contributed by atoms with E-state index < -0.39 is 0 Å². The molecule has 6 heteroatoms. The largest absolute Gasteiger partial charge is 0.353 e. The lowest BCUT2D eigenvalue weighted by Gasteiger charge is -2.34. The van der Waals surface area contributed by atoms with Crippen molar-refractivity contribution in [1.29, 1.82) is 0 Å². The first kappa shape index (κ1) is 13.5. The van der Waals surface area contributed by atoms with E-state index in [9.17, 15) is 0 Å². The van der Waals surface area contributed by atoms with E-state index in [1.165, 1.54) is 12.8 Å². The van der Waals surface area contributed by atoms with E-state index >= 15 is 0 Å². The number of aromatic nitrogens is 4. The summed E-state index contributed by atoms with van der Waals surface area (Å²) in [6, 6.07) is 4.07. The molecule has 22 heavy (non-hydrogen) atoms. The highest BCUT2D eigenvalue weighted by Crippen LogP contribution is 2.38. The summed E-state index contributed by atoms with van der Waals surface area (Å²) in [5.74, 6) is 5.30. The van der Waals surface area contributed by atoms with Crippen molar-refractivity contribution in [3.05, 3.63) is 18.0 Å². The van der Waals surface area contributed by atoms with Crippen LogP contribution in [-0.4, -0.2) is 57.4 Å². The molecule has 1 aliphatic heterocycles. The van der Waals surface area contributed by atoms with Gasteiger partial charge in [-0.05, 0) is 25.0 Å². The van der Waals surface area contributed by atoms with Gasteiger partial charge in [0.2, 0.25) is 0 Å². The minimum absolute atomic E-state index is 0.554. The number of nitrogens with zero attached hydrogens (tertiary/aromatic N) is 6. The molecule has 1 saturated heterocycles. The average molecular weight is 296 g/mol. The SMILES string of the molecule is C#CCCN1CCN(c2ccc3nnc(C4CC4)n3n2)CC1. The van der Waals surface area contributed by atoms with Gasteiger partial charge >= 0.3 is 0 Å². The Morgan fingerprint density at radius 3 is 2.68 bits per heavy atom. The monoisotopic (exact) mass is 296 g/mol. The zero-order chi connectivity index (χ0) is 14.9. The number of piperazine rings is 1. The van der Waals surface area contributed by atoms with Crippen LogP contribution in [-0.2, 0) is 0 Å². The topological polar surface area (TPSA) is 49.6 Å². The number of fused-ring (bicyclic) bond motifs is 1. The van der Waals surface area contributed by atoms with E-state index in [1.807, 2.05) is 10.6 Å². The molecule has 6 nitrogen and oxygen atoms in total. The van der Waals surface area contributed by atoms with Crippen LogP contribution in [0, 0.1) is 12.3 Å². The summed E-state index contributed by atoms with van der Waals surface area (Å²) in [5, 5.41) is 13.3. The third kappa shape index (κ3) is 2.53. The van der Waals surface area contributed by atoms with Crippen LogP contribution < -0.4 is 4.90 Å². The smallest absolute Gasteiger partial charge is 0.178 e. The lowest BCUT2D eigenvalue weighted by Crippen LogP contribution is -2.47. The standard InChI is InChI=1S/C16H20N6/c1-2-3-8-20-9-11-21(12-10-20)15-7-6-14-17-18-16(13-4-5-13)22(14)19-15/h1,6-7,13H,3-5,8-12H2. The van der Waals surface area contributed by atoms with Crippen LogP contribution >= 0.6 is 0 Å². The van der Waals surface area contributed by atoms with Crippen molar-refractivity contribution >= 4 is 11.5 Å². The van der Waals surface area contributed by atoms with Crippen LogP contribution in [0.2, 0.25) is 0 Å². The van der Waals surface area contributed by atoms with Gasteiger partial charge < -0.3 is 4.90 Å². The van der Waals surface area contributed by atoms with Gasteiger partial charge in [0.15, 0.2) is 11.5 Å². The van der Waals surface area contributed by atoms with Crippen LogP contribution in [0.3, 0.4) is 0 Å². The average Bonchev–Trinajstić information content (AvgIpc) is 3.32. The first-order valence-electron chi connectivity index (χ1n) is 7.98. The maximum absolute atomic E-state index is 5.34. The summed E-state index contributed by atoms with van der Waals surface area (Å²) in [5.41, 5.74) is 0.846. The third-order valence-electron chi connectivity index (χ3n) is 4.48. The number of terminal acetylenes is 1. The van der Waals surface area contributed by atoms with Gasteiger partial charge in [-0.25, -0.2) is 0 Å². The Kier molecular flexibility index (Phi) is 3.43. The van der Waals surface area contributed by atoms with Crippen molar-refractivity contribution < 1.29 is 0 Å². The number of anilines is 1. The van der Waals surface area contributed by atoms with Crippen LogP contribution in [0.5, 0.6) is 0 Å². The molecule has 0 atom stereocenters. The zero-order valence-electron chi connectivity index (χ0n) is 12.6. The highest BCUT2D eigenvalue weighted by atomic mass is 15.4. The van der Waals surface area contributed by atoms with Crippen molar-refractivity contribution in [2.75, 3.05) is 37.6 Å². The van der Waals surface area contributed by atoms with Crippen molar-refractivity contribution in [3.8, 4) is 12.3 Å². The summed E-state index contributed by atoms with van der Waals surface area (Å²) < 4.78 is 1.93. The number of hydrogen-bond donors (Lipinski definition) is 0. The summed E-state index contributed by atoms with van der Waals surface area (Å²) >= 11 is 0. The molecule has 2 fully saturated rings. The number of rotatable bonds is 4. The second-order valence-corrected chi connectivity index (χ2v) is 6.08. The molecule has 0 N–H and O–H groups in total. The fraction of sp³-hybridized carbons (Fsp3) is 0.562. The van der Waals surface area contributed by atoms with Crippen LogP contribution in [0.25, 0.3) is 5.65 Å². The zero-order valence-corrected chi connectivity index (χ0v) is 12.6. The molecular formula is C16H20N6. The predicted octanol–water partition coefficient (Wildman–Crippen LogP) is 1.15. The maximum atomic E-state index is 5.34. The first-order valence-corrected chi connectivity index (χ1v) is 7.98. The highest BCUT2D eigenvalue weighted by Gasteiger charge is 2.29. The molecule has 0 radical (unpaired) electrons. The molecular weight excluding hydrogens is 276 g/mol. The van der Waals surface area contributed by atoms with E-state index in [-0.39, 0.29) is 0 Å². The summed E-state index contributed by atoms with van der Waals surface area (Å²) in [7, 11) is 0. The van der Waals surface area contributed by atoms with Crippen LogP contribution in [0.15, 0.2) is 12.1 Å². The van der Waals surface area contributed by atoms with Crippen LogP contribution in [0.4, 0.5) is 5.82 Å². The van der Waals surface area contributed by atoms with E-state index in [1.54, 1.807) is 0 Å². The Morgan fingerprint density at radius 1 is 1.14 bits per heavy atom. The van der Waals surface area contributed by atoms with Crippen molar-refractivity contribution in [3.63, 3.8) is 0 Å². The molecule has 2 aromatic heterocycles. The molecule has 1 saturated carbocycles. The van der Waals surface area contributed by atoms with Gasteiger partial charge in [0, 0.05) is 45.1 Å². The molecule has 0 spiro atoms. The molecule has 0 aromatic carbocycles. The second-order valence-electron chi connectivity index (χ2n) is 6.08. The van der Waals surface area contributed by atoms with Crippen molar-refractivity contribution in [2.24, 2.45) is 0 Å². The Balaban J connectivity index is 1.50. The van der Waals surface area contributed by atoms with Gasteiger partial charge in [0.05, 0.1) is 0 Å². The Labute approximate surface area is 130 Å². The Morgan fingerprint density at radius 2 is 1.95 bits per heavy atom. The van der Waals surface area contributed by atoms with E-state index in [0.717, 1.165) is 56.4 Å². The summed E-state index contributed by atoms with van der Waals surface area (Å²) in [4.78, 5) is 4.76. The normalized spacial score (nSPS) is 19.5. The lowest BCUT2D eigenvalue weighted by molar-refractivity contribution is 0.263.